The van der Waals surface area contributed by atoms with Crippen LogP contribution in [0, 0.1) is 0 Å². The number of benzene rings is 1. The Hall–Kier alpha value is -2.56. The van der Waals surface area contributed by atoms with Gasteiger partial charge in [0.2, 0.25) is 0 Å². The lowest BCUT2D eigenvalue weighted by Gasteiger charge is -2.15. The van der Waals surface area contributed by atoms with Crippen LogP contribution in [0.1, 0.15) is 11.5 Å². The third kappa shape index (κ3) is 3.26. The van der Waals surface area contributed by atoms with Gasteiger partial charge in [-0.3, -0.25) is 9.78 Å². The minimum Gasteiger partial charge on any atom is -0.493 e. The first-order valence-electron chi connectivity index (χ1n) is 6.11. The molecule has 0 aliphatic carbocycles. The van der Waals surface area contributed by atoms with Crippen molar-refractivity contribution >= 4 is 5.97 Å². The van der Waals surface area contributed by atoms with Gasteiger partial charge >= 0.3 is 5.97 Å². The summed E-state index contributed by atoms with van der Waals surface area (Å²) in [6.07, 6.45) is 3.13. The van der Waals surface area contributed by atoms with E-state index < -0.39 is 11.9 Å². The Morgan fingerprint density at radius 1 is 1.20 bits per heavy atom. The maximum Gasteiger partial charge on any atom is 0.314 e. The van der Waals surface area contributed by atoms with Crippen LogP contribution in [0.25, 0.3) is 0 Å². The Morgan fingerprint density at radius 2 is 1.85 bits per heavy atom. The number of methoxy groups -OCH3 is 1. The van der Waals surface area contributed by atoms with E-state index in [4.69, 9.17) is 9.47 Å². The van der Waals surface area contributed by atoms with Crippen LogP contribution in [0.15, 0.2) is 48.8 Å². The Morgan fingerprint density at radius 3 is 2.45 bits per heavy atom. The topological polar surface area (TPSA) is 68.7 Å². The van der Waals surface area contributed by atoms with Crippen LogP contribution >= 0.6 is 0 Å². The van der Waals surface area contributed by atoms with Gasteiger partial charge < -0.3 is 14.6 Å². The van der Waals surface area contributed by atoms with Gasteiger partial charge in [-0.25, -0.2) is 0 Å². The lowest BCUT2D eigenvalue weighted by atomic mass is 10.0. The molecular weight excluding hydrogens is 258 g/mol. The lowest BCUT2D eigenvalue weighted by Crippen LogP contribution is -2.19. The number of ether oxygens (including phenoxy) is 2. The van der Waals surface area contributed by atoms with E-state index in [0.29, 0.717) is 17.1 Å². The van der Waals surface area contributed by atoms with Gasteiger partial charge in [-0.05, 0) is 29.8 Å². The number of hydrogen-bond donors (Lipinski definition) is 1. The highest BCUT2D eigenvalue weighted by atomic mass is 16.5. The summed E-state index contributed by atoms with van der Waals surface area (Å²) >= 11 is 0. The third-order valence-corrected chi connectivity index (χ3v) is 2.88. The van der Waals surface area contributed by atoms with Crippen LogP contribution in [0.4, 0.5) is 0 Å². The summed E-state index contributed by atoms with van der Waals surface area (Å²) in [6, 6.07) is 10.5. The molecule has 0 fully saturated rings. The van der Waals surface area contributed by atoms with Crippen LogP contribution in [0.2, 0.25) is 0 Å². The summed E-state index contributed by atoms with van der Waals surface area (Å²) in [5.41, 5.74) is 0.655. The van der Waals surface area contributed by atoms with Gasteiger partial charge in [0.15, 0.2) is 11.5 Å². The minimum atomic E-state index is -0.939. The van der Waals surface area contributed by atoms with Crippen LogP contribution in [-0.2, 0) is 4.79 Å². The quantitative estimate of drug-likeness (QED) is 0.874. The summed E-state index contributed by atoms with van der Waals surface area (Å²) in [7, 11) is 1.54. The molecule has 0 aliphatic rings. The number of nitrogens with zero attached hydrogens (tertiary/aromatic N) is 1. The van der Waals surface area contributed by atoms with E-state index >= 15 is 0 Å². The summed E-state index contributed by atoms with van der Waals surface area (Å²) < 4.78 is 10.7. The molecule has 0 amide bonds. The molecule has 104 valence electrons. The zero-order chi connectivity index (χ0) is 14.4. The average Bonchev–Trinajstić information content (AvgIpc) is 2.48. The molecule has 1 N–H and O–H groups in total. The highest BCUT2D eigenvalue weighted by molar-refractivity contribution is 5.76. The van der Waals surface area contributed by atoms with Gasteiger partial charge in [-0.15, -0.1) is 0 Å². The number of pyridine rings is 1. The zero-order valence-corrected chi connectivity index (χ0v) is 11.0. The molecule has 5 heteroatoms. The summed E-state index contributed by atoms with van der Waals surface area (Å²) in [6.45, 7) is 0.0275. The first kappa shape index (κ1) is 13.9. The molecule has 0 aliphatic heterocycles. The van der Waals surface area contributed by atoms with E-state index in [1.807, 2.05) is 6.07 Å². The molecule has 0 spiro atoms. The SMILES string of the molecule is COc1ccccc1OCC(C(=O)O)c1ccncc1. The second-order valence-electron chi connectivity index (χ2n) is 4.13. The first-order valence-corrected chi connectivity index (χ1v) is 6.11. The van der Waals surface area contributed by atoms with E-state index in [-0.39, 0.29) is 6.61 Å². The monoisotopic (exact) mass is 273 g/mol. The fourth-order valence-corrected chi connectivity index (χ4v) is 1.82. The number of rotatable bonds is 6. The van der Waals surface area contributed by atoms with Crippen molar-refractivity contribution in [3.63, 3.8) is 0 Å². The van der Waals surface area contributed by atoms with Gasteiger partial charge in [0, 0.05) is 12.4 Å². The highest BCUT2D eigenvalue weighted by Crippen LogP contribution is 2.27. The second kappa shape index (κ2) is 6.56. The minimum absolute atomic E-state index is 0.0275. The van der Waals surface area contributed by atoms with Crippen molar-refractivity contribution in [3.8, 4) is 11.5 Å². The van der Waals surface area contributed by atoms with Crippen molar-refractivity contribution in [1.29, 1.82) is 0 Å². The van der Waals surface area contributed by atoms with E-state index in [2.05, 4.69) is 4.98 Å². The van der Waals surface area contributed by atoms with Gasteiger partial charge in [0.1, 0.15) is 12.5 Å². The number of carboxylic acid groups (broad SMARTS) is 1. The number of aliphatic carboxylic acids is 1. The lowest BCUT2D eigenvalue weighted by molar-refractivity contribution is -0.139. The molecule has 1 unspecified atom stereocenters. The van der Waals surface area contributed by atoms with Crippen molar-refractivity contribution in [3.05, 3.63) is 54.4 Å². The molecule has 0 saturated carbocycles. The maximum absolute atomic E-state index is 11.3. The predicted molar refractivity (Wildman–Crippen MR) is 73.1 cm³/mol. The molecular formula is C15H15NO4. The van der Waals surface area contributed by atoms with E-state index in [9.17, 15) is 9.90 Å². The maximum atomic E-state index is 11.3. The standard InChI is InChI=1S/C15H15NO4/c1-19-13-4-2-3-5-14(13)20-10-12(15(17)18)11-6-8-16-9-7-11/h2-9,12H,10H2,1H3,(H,17,18). The number of aromatic nitrogens is 1. The molecule has 1 heterocycles. The second-order valence-corrected chi connectivity index (χ2v) is 4.13. The van der Waals surface area contributed by atoms with E-state index in [1.165, 1.54) is 0 Å². The number of para-hydroxylation sites is 2. The molecule has 0 bridgehead atoms. The van der Waals surface area contributed by atoms with Crippen molar-refractivity contribution in [2.45, 2.75) is 5.92 Å². The summed E-state index contributed by atoms with van der Waals surface area (Å²) in [5, 5.41) is 9.30. The van der Waals surface area contributed by atoms with Crippen LogP contribution in [0.5, 0.6) is 11.5 Å². The molecule has 0 radical (unpaired) electrons. The summed E-state index contributed by atoms with van der Waals surface area (Å²) in [5.74, 6) is -0.587. The van der Waals surface area contributed by atoms with Crippen LogP contribution in [-0.4, -0.2) is 29.8 Å². The van der Waals surface area contributed by atoms with Crippen molar-refractivity contribution < 1.29 is 19.4 Å². The fourth-order valence-electron chi connectivity index (χ4n) is 1.82. The molecule has 5 nitrogen and oxygen atoms in total. The molecule has 20 heavy (non-hydrogen) atoms. The zero-order valence-electron chi connectivity index (χ0n) is 11.0. The van der Waals surface area contributed by atoms with Crippen molar-refractivity contribution in [1.82, 2.24) is 4.98 Å². The third-order valence-electron chi connectivity index (χ3n) is 2.88. The predicted octanol–water partition coefficient (Wildman–Crippen LogP) is 2.34. The number of carboxylic acids is 1. The molecule has 1 aromatic carbocycles. The molecule has 2 rings (SSSR count). The van der Waals surface area contributed by atoms with E-state index in [1.54, 1.807) is 49.8 Å². The molecule has 1 atom stereocenters. The Bertz CT molecular complexity index is 571. The van der Waals surface area contributed by atoms with Gasteiger partial charge in [-0.2, -0.15) is 0 Å². The van der Waals surface area contributed by atoms with Crippen molar-refractivity contribution in [2.75, 3.05) is 13.7 Å². The Kier molecular flexibility index (Phi) is 4.55. The van der Waals surface area contributed by atoms with Gasteiger partial charge in [0.05, 0.1) is 7.11 Å². The number of hydrogen-bond acceptors (Lipinski definition) is 4. The number of carbonyl (C=O) groups is 1. The molecule has 0 saturated heterocycles. The molecule has 1 aromatic heterocycles. The Labute approximate surface area is 116 Å². The first-order chi connectivity index (χ1) is 9.72. The summed E-state index contributed by atoms with van der Waals surface area (Å²) in [4.78, 5) is 15.2. The largest absolute Gasteiger partial charge is 0.493 e. The van der Waals surface area contributed by atoms with Crippen LogP contribution < -0.4 is 9.47 Å². The fraction of sp³-hybridized carbons (Fsp3) is 0.200. The van der Waals surface area contributed by atoms with Crippen LogP contribution in [0.3, 0.4) is 0 Å². The van der Waals surface area contributed by atoms with Crippen molar-refractivity contribution in [2.24, 2.45) is 0 Å². The normalized spacial score (nSPS) is 11.7. The van der Waals surface area contributed by atoms with Gasteiger partial charge in [-0.1, -0.05) is 12.1 Å². The molecule has 2 aromatic rings. The highest BCUT2D eigenvalue weighted by Gasteiger charge is 2.21. The Balaban J connectivity index is 2.12. The average molecular weight is 273 g/mol. The smallest absolute Gasteiger partial charge is 0.314 e. The van der Waals surface area contributed by atoms with E-state index in [0.717, 1.165) is 0 Å². The van der Waals surface area contributed by atoms with Gasteiger partial charge in [0.25, 0.3) is 0 Å².